The fourth-order valence-corrected chi connectivity index (χ4v) is 6.33. The van der Waals surface area contributed by atoms with E-state index in [4.69, 9.17) is 15.3 Å². The summed E-state index contributed by atoms with van der Waals surface area (Å²) in [6, 6.07) is 0. The lowest BCUT2D eigenvalue weighted by molar-refractivity contribution is -0.142. The largest absolute Gasteiger partial charge is 0.481 e. The van der Waals surface area contributed by atoms with Crippen molar-refractivity contribution in [3.8, 4) is 0 Å². The summed E-state index contributed by atoms with van der Waals surface area (Å²) in [5.41, 5.74) is 0. The molecule has 0 aliphatic heterocycles. The van der Waals surface area contributed by atoms with Crippen LogP contribution in [0, 0.1) is 5.92 Å². The fourth-order valence-electron chi connectivity index (χ4n) is 6.33. The van der Waals surface area contributed by atoms with Crippen LogP contribution in [-0.2, 0) is 4.79 Å². The van der Waals surface area contributed by atoms with Gasteiger partial charge in [0.1, 0.15) is 6.10 Å². The van der Waals surface area contributed by atoms with Crippen molar-refractivity contribution in [2.45, 2.75) is 238 Å². The molecule has 0 saturated heterocycles. The van der Waals surface area contributed by atoms with Crippen molar-refractivity contribution in [1.29, 1.82) is 0 Å². The first-order valence-corrected chi connectivity index (χ1v) is 20.7. The average molecular weight is 657 g/mol. The van der Waals surface area contributed by atoms with E-state index in [1.807, 2.05) is 0 Å². The molecule has 0 rings (SSSR count). The molecule has 0 aromatic heterocycles. The molecule has 0 heterocycles. The van der Waals surface area contributed by atoms with Crippen LogP contribution in [0.4, 0.5) is 0 Å². The third kappa shape index (κ3) is 41.4. The van der Waals surface area contributed by atoms with Gasteiger partial charge in [0.15, 0.2) is 0 Å². The van der Waals surface area contributed by atoms with Crippen LogP contribution >= 0.6 is 0 Å². The summed E-state index contributed by atoms with van der Waals surface area (Å²) in [6.07, 6.45) is 44.8. The number of hydrogen-bond donors (Lipinski definition) is 4. The first-order chi connectivity index (χ1) is 22.5. The van der Waals surface area contributed by atoms with Crippen molar-refractivity contribution in [3.63, 3.8) is 0 Å². The summed E-state index contributed by atoms with van der Waals surface area (Å²) < 4.78 is 0. The van der Waals surface area contributed by atoms with Gasteiger partial charge in [-0.2, -0.15) is 0 Å². The molecule has 0 saturated carbocycles. The summed E-state index contributed by atoms with van der Waals surface area (Å²) in [5.74, 6) is -0.653. The van der Waals surface area contributed by atoms with E-state index < -0.39 is 12.1 Å². The predicted molar refractivity (Wildman–Crippen MR) is 200 cm³/mol. The van der Waals surface area contributed by atoms with E-state index in [0.29, 0.717) is 0 Å². The molecule has 5 nitrogen and oxygen atoms in total. The number of hydrogen-bond acceptors (Lipinski definition) is 4. The quantitative estimate of drug-likeness (QED) is 0.0499. The minimum atomic E-state index is -0.954. The molecule has 0 aromatic rings. The Kier molecular flexibility index (Phi) is 43.7. The van der Waals surface area contributed by atoms with E-state index in [2.05, 4.69) is 13.8 Å². The third-order valence-electron chi connectivity index (χ3n) is 9.58. The summed E-state index contributed by atoms with van der Waals surface area (Å²) >= 11 is 0. The van der Waals surface area contributed by atoms with Gasteiger partial charge in [-0.15, -0.1) is 0 Å². The fraction of sp³-hybridized carbons (Fsp3) is 0.976. The van der Waals surface area contributed by atoms with Crippen molar-refractivity contribution in [1.82, 2.24) is 0 Å². The topological polar surface area (TPSA) is 98.0 Å². The Labute approximate surface area is 288 Å². The second-order valence-electron chi connectivity index (χ2n) is 14.2. The maximum atomic E-state index is 11.7. The molecule has 278 valence electrons. The Hall–Kier alpha value is -0.650. The number of aliphatic carboxylic acids is 1. The summed E-state index contributed by atoms with van der Waals surface area (Å²) in [7, 11) is 0. The molecular formula is C41H84O5. The van der Waals surface area contributed by atoms with Gasteiger partial charge in [0.05, 0.1) is 19.1 Å². The van der Waals surface area contributed by atoms with Crippen molar-refractivity contribution in [3.05, 3.63) is 0 Å². The SMILES string of the molecule is CCCCCCCCCCCCCCCCCCCCC(CCCCCCCCCCCCCCCC)C(=O)O.OCC(O)CO. The molecule has 0 fully saturated rings. The van der Waals surface area contributed by atoms with Gasteiger partial charge in [-0.1, -0.05) is 219 Å². The number of carbonyl (C=O) groups is 1. The first-order valence-electron chi connectivity index (χ1n) is 20.7. The van der Waals surface area contributed by atoms with Crippen LogP contribution < -0.4 is 0 Å². The number of aliphatic hydroxyl groups excluding tert-OH is 3. The number of rotatable bonds is 37. The van der Waals surface area contributed by atoms with Gasteiger partial charge in [-0.05, 0) is 12.8 Å². The molecule has 0 spiro atoms. The summed E-state index contributed by atoms with van der Waals surface area (Å²) in [5, 5.41) is 33.6. The maximum absolute atomic E-state index is 11.7. The molecule has 4 N–H and O–H groups in total. The molecule has 1 atom stereocenters. The van der Waals surface area contributed by atoms with E-state index >= 15 is 0 Å². The maximum Gasteiger partial charge on any atom is 0.306 e. The highest BCUT2D eigenvalue weighted by atomic mass is 16.4. The zero-order chi connectivity index (χ0) is 34.2. The number of aliphatic hydroxyl groups is 3. The highest BCUT2D eigenvalue weighted by molar-refractivity contribution is 5.69. The van der Waals surface area contributed by atoms with Crippen LogP contribution in [0.1, 0.15) is 232 Å². The van der Waals surface area contributed by atoms with E-state index in [1.165, 1.54) is 193 Å². The van der Waals surface area contributed by atoms with Crippen molar-refractivity contribution in [2.24, 2.45) is 5.92 Å². The van der Waals surface area contributed by atoms with Gasteiger partial charge >= 0.3 is 5.97 Å². The second kappa shape index (κ2) is 42.4. The third-order valence-corrected chi connectivity index (χ3v) is 9.58. The molecule has 5 heteroatoms. The van der Waals surface area contributed by atoms with Crippen LogP contribution in [0.3, 0.4) is 0 Å². The summed E-state index contributed by atoms with van der Waals surface area (Å²) in [4.78, 5) is 11.7. The molecular weight excluding hydrogens is 572 g/mol. The minimum Gasteiger partial charge on any atom is -0.481 e. The lowest BCUT2D eigenvalue weighted by atomic mass is 9.94. The van der Waals surface area contributed by atoms with E-state index in [1.54, 1.807) is 0 Å². The molecule has 0 aliphatic carbocycles. The van der Waals surface area contributed by atoms with Crippen molar-refractivity contribution in [2.75, 3.05) is 13.2 Å². The molecule has 1 unspecified atom stereocenters. The van der Waals surface area contributed by atoms with Gasteiger partial charge in [0.25, 0.3) is 0 Å². The Bertz CT molecular complexity index is 551. The second-order valence-corrected chi connectivity index (χ2v) is 14.2. The van der Waals surface area contributed by atoms with Crippen molar-refractivity contribution >= 4 is 5.97 Å². The Morgan fingerprint density at radius 1 is 0.391 bits per heavy atom. The predicted octanol–water partition coefficient (Wildman–Crippen LogP) is 12.3. The lowest BCUT2D eigenvalue weighted by Gasteiger charge is -2.12. The lowest BCUT2D eigenvalue weighted by Crippen LogP contribution is -2.15. The molecule has 0 amide bonds. The standard InChI is InChI=1S/C38H76O2.C3H8O3/c1-3-5-7-9-11-13-15-17-19-20-21-22-24-26-28-30-32-34-36-37(38(39)40)35-33-31-29-27-25-23-18-16-14-12-10-8-6-4-2;4-1-3(6)2-5/h37H,3-36H2,1-2H3,(H,39,40);3-6H,1-2H2. The number of unbranched alkanes of at least 4 members (excludes halogenated alkanes) is 30. The minimum absolute atomic E-state index is 0.0987. The normalized spacial score (nSPS) is 12.0. The van der Waals surface area contributed by atoms with Crippen LogP contribution in [0.5, 0.6) is 0 Å². The van der Waals surface area contributed by atoms with Crippen LogP contribution in [0.25, 0.3) is 0 Å². The molecule has 0 radical (unpaired) electrons. The first kappa shape index (κ1) is 47.5. The van der Waals surface area contributed by atoms with Gasteiger partial charge in [0.2, 0.25) is 0 Å². The Balaban J connectivity index is 0. The number of carboxylic acid groups (broad SMARTS) is 1. The molecule has 0 aliphatic rings. The molecule has 46 heavy (non-hydrogen) atoms. The summed E-state index contributed by atoms with van der Waals surface area (Å²) in [6.45, 7) is 3.85. The molecule has 0 bridgehead atoms. The van der Waals surface area contributed by atoms with Gasteiger partial charge in [-0.25, -0.2) is 0 Å². The van der Waals surface area contributed by atoms with Gasteiger partial charge in [-0.3, -0.25) is 4.79 Å². The Morgan fingerprint density at radius 2 is 0.587 bits per heavy atom. The monoisotopic (exact) mass is 657 g/mol. The van der Waals surface area contributed by atoms with Gasteiger partial charge in [0, 0.05) is 0 Å². The number of carboxylic acids is 1. The zero-order valence-electron chi connectivity index (χ0n) is 31.3. The Morgan fingerprint density at radius 3 is 0.739 bits per heavy atom. The zero-order valence-corrected chi connectivity index (χ0v) is 31.3. The smallest absolute Gasteiger partial charge is 0.306 e. The van der Waals surface area contributed by atoms with E-state index in [-0.39, 0.29) is 19.1 Å². The highest BCUT2D eigenvalue weighted by Gasteiger charge is 2.16. The van der Waals surface area contributed by atoms with E-state index in [9.17, 15) is 9.90 Å². The van der Waals surface area contributed by atoms with Crippen LogP contribution in [-0.4, -0.2) is 45.7 Å². The van der Waals surface area contributed by atoms with Gasteiger partial charge < -0.3 is 20.4 Å². The highest BCUT2D eigenvalue weighted by Crippen LogP contribution is 2.20. The average Bonchev–Trinajstić information content (AvgIpc) is 3.06. The van der Waals surface area contributed by atoms with Crippen LogP contribution in [0.15, 0.2) is 0 Å². The molecule has 0 aromatic carbocycles. The van der Waals surface area contributed by atoms with Crippen LogP contribution in [0.2, 0.25) is 0 Å². The van der Waals surface area contributed by atoms with E-state index in [0.717, 1.165) is 25.7 Å². The van der Waals surface area contributed by atoms with Crippen molar-refractivity contribution < 1.29 is 25.2 Å².